The Kier molecular flexibility index (Phi) is 7.99. The minimum atomic E-state index is -3.95. The molecule has 0 atom stereocenters. The number of carbonyl (C=O) groups is 1. The molecule has 6 nitrogen and oxygen atoms in total. The Morgan fingerprint density at radius 3 is 2.24 bits per heavy atom. The lowest BCUT2D eigenvalue weighted by molar-refractivity contribution is -0.119. The summed E-state index contributed by atoms with van der Waals surface area (Å²) in [4.78, 5) is 12.9. The Hall–Kier alpha value is -3.32. The van der Waals surface area contributed by atoms with Crippen molar-refractivity contribution in [3.63, 3.8) is 0 Å². The van der Waals surface area contributed by atoms with Crippen LogP contribution in [0.4, 0.5) is 5.69 Å². The molecular formula is C27H32N2O4S. The molecule has 3 aromatic carbocycles. The molecule has 0 aliphatic rings. The summed E-state index contributed by atoms with van der Waals surface area (Å²) in [5.74, 6) is 0.361. The van der Waals surface area contributed by atoms with Crippen molar-refractivity contribution >= 4 is 21.6 Å². The van der Waals surface area contributed by atoms with Gasteiger partial charge in [0.1, 0.15) is 18.9 Å². The number of hydrogen-bond acceptors (Lipinski definition) is 4. The first-order valence-electron chi connectivity index (χ1n) is 11.2. The van der Waals surface area contributed by atoms with Crippen molar-refractivity contribution < 1.29 is 17.9 Å². The van der Waals surface area contributed by atoms with Crippen molar-refractivity contribution in [1.29, 1.82) is 0 Å². The van der Waals surface area contributed by atoms with E-state index in [0.717, 1.165) is 33.6 Å². The molecule has 34 heavy (non-hydrogen) atoms. The summed E-state index contributed by atoms with van der Waals surface area (Å²) in [6, 6.07) is 18.0. The van der Waals surface area contributed by atoms with Gasteiger partial charge in [-0.25, -0.2) is 8.42 Å². The lowest BCUT2D eigenvalue weighted by atomic mass is 10.1. The highest BCUT2D eigenvalue weighted by atomic mass is 32.2. The summed E-state index contributed by atoms with van der Waals surface area (Å²) >= 11 is 0. The SMILES string of the molecule is Cc1ccc(S(=O)(=O)N(CC(=O)NCCOc2ccc(C)cc2C)c2cccc(C)c2C)cc1. The number of nitrogens with one attached hydrogen (secondary N) is 1. The first-order chi connectivity index (χ1) is 16.1. The quantitative estimate of drug-likeness (QED) is 0.454. The number of ether oxygens (including phenoxy) is 1. The van der Waals surface area contributed by atoms with Crippen LogP contribution in [0, 0.1) is 34.6 Å². The maximum Gasteiger partial charge on any atom is 0.264 e. The fraction of sp³-hybridized carbons (Fsp3) is 0.296. The van der Waals surface area contributed by atoms with Crippen molar-refractivity contribution in [1.82, 2.24) is 5.32 Å². The van der Waals surface area contributed by atoms with Crippen LogP contribution in [0.2, 0.25) is 0 Å². The molecule has 0 bridgehead atoms. The summed E-state index contributed by atoms with van der Waals surface area (Å²) < 4.78 is 34.0. The van der Waals surface area contributed by atoms with Crippen LogP contribution in [-0.4, -0.2) is 34.0 Å². The number of nitrogens with zero attached hydrogens (tertiary/aromatic N) is 1. The van der Waals surface area contributed by atoms with E-state index in [1.807, 2.05) is 58.9 Å². The normalized spacial score (nSPS) is 11.2. The zero-order valence-corrected chi connectivity index (χ0v) is 21.2. The topological polar surface area (TPSA) is 75.7 Å². The Morgan fingerprint density at radius 1 is 0.882 bits per heavy atom. The smallest absolute Gasteiger partial charge is 0.264 e. The highest BCUT2D eigenvalue weighted by Crippen LogP contribution is 2.28. The number of rotatable bonds is 9. The van der Waals surface area contributed by atoms with E-state index >= 15 is 0 Å². The van der Waals surface area contributed by atoms with E-state index in [1.165, 1.54) is 4.31 Å². The molecule has 0 saturated carbocycles. The molecule has 0 radical (unpaired) electrons. The predicted molar refractivity (Wildman–Crippen MR) is 136 cm³/mol. The van der Waals surface area contributed by atoms with Gasteiger partial charge in [0.25, 0.3) is 10.0 Å². The van der Waals surface area contributed by atoms with Gasteiger partial charge in [-0.05, 0) is 75.6 Å². The van der Waals surface area contributed by atoms with Gasteiger partial charge in [0, 0.05) is 0 Å². The molecule has 1 amide bonds. The Morgan fingerprint density at radius 2 is 1.56 bits per heavy atom. The second-order valence-corrected chi connectivity index (χ2v) is 10.4. The van der Waals surface area contributed by atoms with Gasteiger partial charge >= 0.3 is 0 Å². The number of carbonyl (C=O) groups excluding carboxylic acids is 1. The van der Waals surface area contributed by atoms with Gasteiger partial charge in [0.15, 0.2) is 0 Å². The molecule has 0 spiro atoms. The molecule has 0 fully saturated rings. The van der Waals surface area contributed by atoms with Crippen molar-refractivity contribution in [3.8, 4) is 5.75 Å². The van der Waals surface area contributed by atoms with E-state index in [2.05, 4.69) is 5.32 Å². The average molecular weight is 481 g/mol. The fourth-order valence-corrected chi connectivity index (χ4v) is 5.12. The van der Waals surface area contributed by atoms with Crippen molar-refractivity contribution in [2.45, 2.75) is 39.5 Å². The average Bonchev–Trinajstić information content (AvgIpc) is 2.78. The van der Waals surface area contributed by atoms with Crippen LogP contribution in [0.15, 0.2) is 65.6 Å². The first-order valence-corrected chi connectivity index (χ1v) is 12.7. The third-order valence-electron chi connectivity index (χ3n) is 5.75. The number of anilines is 1. The Balaban J connectivity index is 1.75. The second-order valence-electron chi connectivity index (χ2n) is 8.51. The van der Waals surface area contributed by atoms with Gasteiger partial charge in [-0.3, -0.25) is 9.10 Å². The minimum absolute atomic E-state index is 0.144. The third kappa shape index (κ3) is 5.97. The zero-order valence-electron chi connectivity index (χ0n) is 20.4. The third-order valence-corrected chi connectivity index (χ3v) is 7.53. The van der Waals surface area contributed by atoms with Crippen molar-refractivity contribution in [3.05, 3.63) is 88.5 Å². The van der Waals surface area contributed by atoms with Gasteiger partial charge in [0.05, 0.1) is 17.1 Å². The molecule has 0 unspecified atom stereocenters. The van der Waals surface area contributed by atoms with E-state index in [0.29, 0.717) is 5.69 Å². The standard InChI is InChI=1S/C27H32N2O4S/c1-19-9-12-24(13-10-19)34(31,32)29(25-8-6-7-21(3)23(25)5)18-27(30)28-15-16-33-26-14-11-20(2)17-22(26)4/h6-14,17H,15-16,18H2,1-5H3,(H,28,30). The number of amides is 1. The largest absolute Gasteiger partial charge is 0.491 e. The van der Waals surface area contributed by atoms with Crippen LogP contribution in [-0.2, 0) is 14.8 Å². The second kappa shape index (κ2) is 10.7. The maximum atomic E-state index is 13.5. The van der Waals surface area contributed by atoms with E-state index in [4.69, 9.17) is 4.74 Å². The van der Waals surface area contributed by atoms with Crippen LogP contribution in [0.3, 0.4) is 0 Å². The Bertz CT molecular complexity index is 1270. The molecule has 7 heteroatoms. The molecule has 3 aromatic rings. The molecule has 3 rings (SSSR count). The number of aryl methyl sites for hydroxylation is 4. The summed E-state index contributed by atoms with van der Waals surface area (Å²) in [5.41, 5.74) is 5.38. The monoisotopic (exact) mass is 480 g/mol. The molecule has 0 aliphatic carbocycles. The molecule has 0 aliphatic heterocycles. The summed E-state index contributed by atoms with van der Waals surface area (Å²) in [5, 5.41) is 2.78. The summed E-state index contributed by atoms with van der Waals surface area (Å²) in [7, 11) is -3.95. The lowest BCUT2D eigenvalue weighted by Crippen LogP contribution is -2.42. The molecule has 1 N–H and O–H groups in total. The molecule has 0 heterocycles. The van der Waals surface area contributed by atoms with Crippen molar-refractivity contribution in [2.75, 3.05) is 24.0 Å². The fourth-order valence-electron chi connectivity index (χ4n) is 3.64. The van der Waals surface area contributed by atoms with E-state index in [1.54, 1.807) is 36.4 Å². The van der Waals surface area contributed by atoms with Gasteiger partial charge in [0.2, 0.25) is 5.91 Å². The molecular weight excluding hydrogens is 448 g/mol. The molecule has 180 valence electrons. The number of hydrogen-bond donors (Lipinski definition) is 1. The summed E-state index contributed by atoms with van der Waals surface area (Å²) in [6.45, 7) is 9.87. The van der Waals surface area contributed by atoms with Gasteiger partial charge in [-0.1, -0.05) is 47.5 Å². The van der Waals surface area contributed by atoms with Gasteiger partial charge < -0.3 is 10.1 Å². The number of benzene rings is 3. The molecule has 0 aromatic heterocycles. The van der Waals surface area contributed by atoms with E-state index in [-0.39, 0.29) is 24.6 Å². The Labute approximate surface area is 202 Å². The lowest BCUT2D eigenvalue weighted by Gasteiger charge is -2.26. The number of sulfonamides is 1. The summed E-state index contributed by atoms with van der Waals surface area (Å²) in [6.07, 6.45) is 0. The van der Waals surface area contributed by atoms with E-state index < -0.39 is 15.9 Å². The van der Waals surface area contributed by atoms with Crippen LogP contribution >= 0.6 is 0 Å². The van der Waals surface area contributed by atoms with Crippen LogP contribution in [0.1, 0.15) is 27.8 Å². The first kappa shape index (κ1) is 25.3. The minimum Gasteiger partial charge on any atom is -0.491 e. The van der Waals surface area contributed by atoms with E-state index in [9.17, 15) is 13.2 Å². The van der Waals surface area contributed by atoms with Crippen LogP contribution < -0.4 is 14.4 Å². The van der Waals surface area contributed by atoms with Crippen molar-refractivity contribution in [2.24, 2.45) is 0 Å². The zero-order chi connectivity index (χ0) is 24.9. The molecule has 0 saturated heterocycles. The maximum absolute atomic E-state index is 13.5. The van der Waals surface area contributed by atoms with Crippen LogP contribution in [0.5, 0.6) is 5.75 Å². The highest BCUT2D eigenvalue weighted by molar-refractivity contribution is 7.92. The van der Waals surface area contributed by atoms with Gasteiger partial charge in [-0.15, -0.1) is 0 Å². The highest BCUT2D eigenvalue weighted by Gasteiger charge is 2.28. The van der Waals surface area contributed by atoms with Gasteiger partial charge in [-0.2, -0.15) is 0 Å². The predicted octanol–water partition coefficient (Wildman–Crippen LogP) is 4.62. The van der Waals surface area contributed by atoms with Crippen LogP contribution in [0.25, 0.3) is 0 Å².